The van der Waals surface area contributed by atoms with Gasteiger partial charge in [0.05, 0.1) is 0 Å². The number of ether oxygens (including phenoxy) is 1. The van der Waals surface area contributed by atoms with Crippen molar-refractivity contribution in [3.05, 3.63) is 29.3 Å². The largest absolute Gasteiger partial charge is 0.490 e. The third-order valence-electron chi connectivity index (χ3n) is 2.08. The third-order valence-corrected chi connectivity index (χ3v) is 2.08. The monoisotopic (exact) mass is 166 g/mol. The minimum Gasteiger partial charge on any atom is -0.490 e. The maximum atomic E-state index is 12.9. The maximum absolute atomic E-state index is 12.9. The fourth-order valence-electron chi connectivity index (χ4n) is 1.49. The first-order chi connectivity index (χ1) is 5.75. The fourth-order valence-corrected chi connectivity index (χ4v) is 1.49. The number of fused-ring (bicyclic) bond motifs is 1. The molecule has 1 aromatic carbocycles. The number of hydrogen-bond donors (Lipinski definition) is 0. The van der Waals surface area contributed by atoms with Crippen molar-refractivity contribution in [3.63, 3.8) is 0 Å². The lowest BCUT2D eigenvalue weighted by Crippen LogP contribution is -2.21. The van der Waals surface area contributed by atoms with Crippen molar-refractivity contribution < 1.29 is 9.13 Å². The van der Waals surface area contributed by atoms with Gasteiger partial charge in [0.1, 0.15) is 18.5 Å². The van der Waals surface area contributed by atoms with E-state index in [2.05, 4.69) is 0 Å². The minimum atomic E-state index is -0.834. The highest BCUT2D eigenvalue weighted by Gasteiger charge is 2.18. The molecule has 2 rings (SSSR count). The number of halogens is 1. The molecule has 1 unspecified atom stereocenters. The molecule has 1 aromatic rings. The highest BCUT2D eigenvalue weighted by molar-refractivity contribution is 5.38. The third kappa shape index (κ3) is 1.29. The Balaban J connectivity index is 2.37. The van der Waals surface area contributed by atoms with E-state index in [0.717, 1.165) is 16.9 Å². The van der Waals surface area contributed by atoms with E-state index in [4.69, 9.17) is 4.74 Å². The Hall–Kier alpha value is -1.05. The van der Waals surface area contributed by atoms with Gasteiger partial charge in [-0.15, -0.1) is 0 Å². The number of benzene rings is 1. The highest BCUT2D eigenvalue weighted by atomic mass is 19.1. The molecule has 0 aromatic heterocycles. The van der Waals surface area contributed by atoms with E-state index < -0.39 is 6.17 Å². The van der Waals surface area contributed by atoms with E-state index >= 15 is 0 Å². The average molecular weight is 166 g/mol. The van der Waals surface area contributed by atoms with Crippen molar-refractivity contribution in [1.29, 1.82) is 0 Å². The van der Waals surface area contributed by atoms with E-state index in [-0.39, 0.29) is 6.61 Å². The van der Waals surface area contributed by atoms with E-state index in [1.54, 1.807) is 0 Å². The fraction of sp³-hybridized carbons (Fsp3) is 0.400. The van der Waals surface area contributed by atoms with E-state index in [1.165, 1.54) is 0 Å². The quantitative estimate of drug-likeness (QED) is 0.574. The van der Waals surface area contributed by atoms with Crippen molar-refractivity contribution in [2.24, 2.45) is 0 Å². The van der Waals surface area contributed by atoms with Gasteiger partial charge in [-0.2, -0.15) is 0 Å². The van der Waals surface area contributed by atoms with Crippen molar-refractivity contribution in [2.45, 2.75) is 19.5 Å². The second-order valence-electron chi connectivity index (χ2n) is 3.22. The molecule has 0 saturated heterocycles. The molecule has 0 aliphatic carbocycles. The van der Waals surface area contributed by atoms with Crippen molar-refractivity contribution in [2.75, 3.05) is 6.61 Å². The summed E-state index contributed by atoms with van der Waals surface area (Å²) >= 11 is 0. The molecule has 0 radical (unpaired) electrons. The molecule has 0 saturated carbocycles. The molecule has 1 aliphatic rings. The lowest BCUT2D eigenvalue weighted by atomic mass is 10.0. The molecule has 2 heteroatoms. The van der Waals surface area contributed by atoms with Crippen LogP contribution in [-0.4, -0.2) is 12.8 Å². The van der Waals surface area contributed by atoms with Crippen LogP contribution in [0, 0.1) is 6.92 Å². The van der Waals surface area contributed by atoms with Crippen LogP contribution in [0.5, 0.6) is 5.75 Å². The zero-order valence-corrected chi connectivity index (χ0v) is 7.01. The van der Waals surface area contributed by atoms with Gasteiger partial charge in [0.25, 0.3) is 0 Å². The Morgan fingerprint density at radius 3 is 3.17 bits per heavy atom. The molecule has 64 valence electrons. The number of alkyl halides is 1. The summed E-state index contributed by atoms with van der Waals surface area (Å²) in [5, 5.41) is 0. The van der Waals surface area contributed by atoms with Gasteiger partial charge < -0.3 is 4.74 Å². The van der Waals surface area contributed by atoms with Crippen molar-refractivity contribution in [1.82, 2.24) is 0 Å². The number of hydrogen-bond acceptors (Lipinski definition) is 1. The van der Waals surface area contributed by atoms with Gasteiger partial charge in [0.15, 0.2) is 0 Å². The van der Waals surface area contributed by atoms with Gasteiger partial charge in [-0.1, -0.05) is 17.7 Å². The first-order valence-corrected chi connectivity index (χ1v) is 4.12. The first-order valence-electron chi connectivity index (χ1n) is 4.12. The molecule has 0 amide bonds. The van der Waals surface area contributed by atoms with Gasteiger partial charge in [-0.3, -0.25) is 0 Å². The van der Waals surface area contributed by atoms with Crippen LogP contribution in [0.4, 0.5) is 4.39 Å². The lowest BCUT2D eigenvalue weighted by molar-refractivity contribution is 0.173. The summed E-state index contributed by atoms with van der Waals surface area (Å²) in [5.41, 5.74) is 2.15. The molecule has 0 fully saturated rings. The van der Waals surface area contributed by atoms with Crippen LogP contribution < -0.4 is 4.74 Å². The van der Waals surface area contributed by atoms with Crippen LogP contribution in [0.3, 0.4) is 0 Å². The second-order valence-corrected chi connectivity index (χ2v) is 3.22. The molecular formula is C10H11FO. The smallest absolute Gasteiger partial charge is 0.138 e. The SMILES string of the molecule is Cc1ccc2c(c1)CC(F)CO2. The summed E-state index contributed by atoms with van der Waals surface area (Å²) in [6, 6.07) is 5.88. The molecule has 1 nitrogen and oxygen atoms in total. The molecule has 0 N–H and O–H groups in total. The normalized spacial score (nSPS) is 21.3. The van der Waals surface area contributed by atoms with Gasteiger partial charge in [-0.25, -0.2) is 4.39 Å². The van der Waals surface area contributed by atoms with Gasteiger partial charge in [0.2, 0.25) is 0 Å². The van der Waals surface area contributed by atoms with E-state index in [1.807, 2.05) is 25.1 Å². The van der Waals surface area contributed by atoms with Gasteiger partial charge >= 0.3 is 0 Å². The molecular weight excluding hydrogens is 155 g/mol. The summed E-state index contributed by atoms with van der Waals surface area (Å²) in [6.45, 7) is 2.21. The Morgan fingerprint density at radius 1 is 1.50 bits per heavy atom. The predicted molar refractivity (Wildman–Crippen MR) is 45.3 cm³/mol. The van der Waals surface area contributed by atoms with Crippen LogP contribution in [0.15, 0.2) is 18.2 Å². The summed E-state index contributed by atoms with van der Waals surface area (Å²) < 4.78 is 18.1. The Labute approximate surface area is 71.2 Å². The minimum absolute atomic E-state index is 0.204. The summed E-state index contributed by atoms with van der Waals surface area (Å²) in [7, 11) is 0. The van der Waals surface area contributed by atoms with Crippen LogP contribution >= 0.6 is 0 Å². The van der Waals surface area contributed by atoms with Crippen LogP contribution in [0.1, 0.15) is 11.1 Å². The van der Waals surface area contributed by atoms with Crippen LogP contribution in [0.25, 0.3) is 0 Å². The summed E-state index contributed by atoms with van der Waals surface area (Å²) in [6.07, 6.45) is -0.337. The average Bonchev–Trinajstić information content (AvgIpc) is 2.03. The van der Waals surface area contributed by atoms with E-state index in [0.29, 0.717) is 6.42 Å². The Kier molecular flexibility index (Phi) is 1.75. The van der Waals surface area contributed by atoms with Crippen LogP contribution in [0.2, 0.25) is 0 Å². The number of aryl methyl sites for hydroxylation is 1. The van der Waals surface area contributed by atoms with Gasteiger partial charge in [-0.05, 0) is 18.6 Å². The first kappa shape index (κ1) is 7.59. The predicted octanol–water partition coefficient (Wildman–Crippen LogP) is 2.27. The maximum Gasteiger partial charge on any atom is 0.138 e. The zero-order chi connectivity index (χ0) is 8.55. The highest BCUT2D eigenvalue weighted by Crippen LogP contribution is 2.26. The van der Waals surface area contributed by atoms with Crippen molar-refractivity contribution in [3.8, 4) is 5.75 Å². The molecule has 0 bridgehead atoms. The number of rotatable bonds is 0. The zero-order valence-electron chi connectivity index (χ0n) is 7.01. The van der Waals surface area contributed by atoms with Crippen LogP contribution in [-0.2, 0) is 6.42 Å². The Bertz CT molecular complexity index is 296. The molecule has 0 spiro atoms. The van der Waals surface area contributed by atoms with E-state index in [9.17, 15) is 4.39 Å². The second kappa shape index (κ2) is 2.77. The molecule has 12 heavy (non-hydrogen) atoms. The topological polar surface area (TPSA) is 9.23 Å². The van der Waals surface area contributed by atoms with Crippen molar-refractivity contribution >= 4 is 0 Å². The summed E-state index contributed by atoms with van der Waals surface area (Å²) in [5.74, 6) is 0.842. The summed E-state index contributed by atoms with van der Waals surface area (Å²) in [4.78, 5) is 0. The molecule has 1 aliphatic heterocycles. The standard InChI is InChI=1S/C10H11FO/c1-7-2-3-10-8(4-7)5-9(11)6-12-10/h2-4,9H,5-6H2,1H3. The lowest BCUT2D eigenvalue weighted by Gasteiger charge is -2.20. The Morgan fingerprint density at radius 2 is 2.33 bits per heavy atom. The molecule has 1 heterocycles. The molecule has 1 atom stereocenters. The van der Waals surface area contributed by atoms with Gasteiger partial charge in [0, 0.05) is 6.42 Å².